The molecule has 0 aliphatic carbocycles. The van der Waals surface area contributed by atoms with E-state index in [-0.39, 0.29) is 6.03 Å². The summed E-state index contributed by atoms with van der Waals surface area (Å²) in [5, 5.41) is 3.53. The van der Waals surface area contributed by atoms with E-state index in [1.807, 2.05) is 48.5 Å². The van der Waals surface area contributed by atoms with E-state index < -0.39 is 0 Å². The van der Waals surface area contributed by atoms with Gasteiger partial charge in [-0.15, -0.1) is 0 Å². The van der Waals surface area contributed by atoms with Crippen LogP contribution in [-0.2, 0) is 6.54 Å². The van der Waals surface area contributed by atoms with Crippen LogP contribution < -0.4 is 5.32 Å². The number of urea groups is 1. The monoisotopic (exact) mass is 400 g/mol. The number of nitrogens with zero attached hydrogens (tertiary/aromatic N) is 1. The smallest absolute Gasteiger partial charge is 0.321 e. The van der Waals surface area contributed by atoms with E-state index in [1.54, 1.807) is 11.9 Å². The van der Waals surface area contributed by atoms with Crippen LogP contribution in [0, 0.1) is 3.57 Å². The van der Waals surface area contributed by atoms with Gasteiger partial charge in [0.1, 0.15) is 0 Å². The summed E-state index contributed by atoms with van der Waals surface area (Å²) in [6.07, 6.45) is 0. The Morgan fingerprint density at radius 2 is 2.00 bits per heavy atom. The van der Waals surface area contributed by atoms with E-state index in [0.717, 1.165) is 14.8 Å². The van der Waals surface area contributed by atoms with E-state index in [9.17, 15) is 4.79 Å². The van der Waals surface area contributed by atoms with Crippen LogP contribution in [0.5, 0.6) is 0 Å². The fraction of sp³-hybridized carbons (Fsp3) is 0.133. The fourth-order valence-electron chi connectivity index (χ4n) is 1.74. The summed E-state index contributed by atoms with van der Waals surface area (Å²) < 4.78 is 1.08. The van der Waals surface area contributed by atoms with E-state index in [0.29, 0.717) is 11.6 Å². The summed E-state index contributed by atoms with van der Waals surface area (Å²) >= 11 is 8.30. The first-order valence-electron chi connectivity index (χ1n) is 6.07. The molecule has 0 atom stereocenters. The molecule has 2 rings (SSSR count). The molecular weight excluding hydrogens is 387 g/mol. The molecule has 2 aromatic rings. The minimum Gasteiger partial charge on any atom is -0.323 e. The Hall–Kier alpha value is -1.27. The lowest BCUT2D eigenvalue weighted by atomic mass is 10.2. The Balaban J connectivity index is 2.01. The Morgan fingerprint density at radius 1 is 1.25 bits per heavy atom. The summed E-state index contributed by atoms with van der Waals surface area (Å²) in [7, 11) is 1.74. The zero-order valence-electron chi connectivity index (χ0n) is 10.9. The first-order chi connectivity index (χ1) is 9.56. The van der Waals surface area contributed by atoms with Crippen molar-refractivity contribution in [3.8, 4) is 0 Å². The standard InChI is InChI=1S/C15H14ClIN2O/c1-19(10-11-5-2-3-8-14(11)16)15(20)18-13-7-4-6-12(17)9-13/h2-9H,10H2,1H3,(H,18,20). The second kappa shape index (κ2) is 6.95. The van der Waals surface area contributed by atoms with Gasteiger partial charge in [0.25, 0.3) is 0 Å². The number of anilines is 1. The Morgan fingerprint density at radius 3 is 2.70 bits per heavy atom. The quantitative estimate of drug-likeness (QED) is 0.750. The van der Waals surface area contributed by atoms with Crippen LogP contribution in [-0.4, -0.2) is 18.0 Å². The van der Waals surface area contributed by atoms with E-state index in [1.165, 1.54) is 0 Å². The molecule has 3 nitrogen and oxygen atoms in total. The van der Waals surface area contributed by atoms with Crippen molar-refractivity contribution in [1.29, 1.82) is 0 Å². The number of hydrogen-bond acceptors (Lipinski definition) is 1. The van der Waals surface area contributed by atoms with Crippen molar-refractivity contribution in [2.24, 2.45) is 0 Å². The van der Waals surface area contributed by atoms with Gasteiger partial charge in [0, 0.05) is 27.9 Å². The first-order valence-corrected chi connectivity index (χ1v) is 7.53. The molecule has 0 saturated carbocycles. The molecule has 0 aliphatic heterocycles. The maximum atomic E-state index is 12.1. The van der Waals surface area contributed by atoms with Gasteiger partial charge < -0.3 is 10.2 Å². The van der Waals surface area contributed by atoms with Crippen LogP contribution in [0.2, 0.25) is 5.02 Å². The average Bonchev–Trinajstić information content (AvgIpc) is 2.41. The summed E-state index contributed by atoms with van der Waals surface area (Å²) in [6.45, 7) is 0.468. The molecule has 0 heterocycles. The van der Waals surface area contributed by atoms with Gasteiger partial charge in [-0.2, -0.15) is 0 Å². The Kier molecular flexibility index (Phi) is 5.25. The largest absolute Gasteiger partial charge is 0.323 e. The van der Waals surface area contributed by atoms with Gasteiger partial charge in [-0.3, -0.25) is 0 Å². The number of amides is 2. The fourth-order valence-corrected chi connectivity index (χ4v) is 2.48. The number of carbonyl (C=O) groups is 1. The van der Waals surface area contributed by atoms with Crippen LogP contribution >= 0.6 is 34.2 Å². The van der Waals surface area contributed by atoms with Gasteiger partial charge in [0.2, 0.25) is 0 Å². The lowest BCUT2D eigenvalue weighted by Crippen LogP contribution is -2.30. The molecule has 0 aromatic heterocycles. The van der Waals surface area contributed by atoms with Gasteiger partial charge in [0.05, 0.1) is 0 Å². The van der Waals surface area contributed by atoms with Crippen molar-refractivity contribution in [1.82, 2.24) is 4.90 Å². The van der Waals surface area contributed by atoms with Crippen LogP contribution in [0.3, 0.4) is 0 Å². The highest BCUT2D eigenvalue weighted by atomic mass is 127. The molecule has 2 aromatic carbocycles. The van der Waals surface area contributed by atoms with Crippen molar-refractivity contribution in [2.75, 3.05) is 12.4 Å². The lowest BCUT2D eigenvalue weighted by Gasteiger charge is -2.18. The Bertz CT molecular complexity index is 618. The van der Waals surface area contributed by atoms with Crippen molar-refractivity contribution < 1.29 is 4.79 Å². The molecule has 0 radical (unpaired) electrons. The molecule has 0 saturated heterocycles. The highest BCUT2D eigenvalue weighted by Crippen LogP contribution is 2.17. The maximum Gasteiger partial charge on any atom is 0.321 e. The van der Waals surface area contributed by atoms with Crippen molar-refractivity contribution in [3.63, 3.8) is 0 Å². The summed E-state index contributed by atoms with van der Waals surface area (Å²) in [4.78, 5) is 13.7. The summed E-state index contributed by atoms with van der Waals surface area (Å²) in [5.41, 5.74) is 1.71. The number of carbonyl (C=O) groups excluding carboxylic acids is 1. The predicted molar refractivity (Wildman–Crippen MR) is 91.1 cm³/mol. The summed E-state index contributed by atoms with van der Waals surface area (Å²) in [6, 6.07) is 15.0. The van der Waals surface area contributed by atoms with Gasteiger partial charge in [0.15, 0.2) is 0 Å². The Labute approximate surface area is 137 Å². The predicted octanol–water partition coefficient (Wildman–Crippen LogP) is 4.61. The van der Waals surface area contributed by atoms with Gasteiger partial charge in [-0.05, 0) is 52.4 Å². The molecular formula is C15H14ClIN2O. The van der Waals surface area contributed by atoms with Crippen molar-refractivity contribution >= 4 is 45.9 Å². The molecule has 0 aliphatic rings. The third kappa shape index (κ3) is 4.11. The zero-order valence-corrected chi connectivity index (χ0v) is 13.9. The molecule has 2 amide bonds. The van der Waals surface area contributed by atoms with Crippen molar-refractivity contribution in [3.05, 3.63) is 62.7 Å². The zero-order chi connectivity index (χ0) is 14.5. The molecule has 0 spiro atoms. The first kappa shape index (κ1) is 15.1. The second-order valence-corrected chi connectivity index (χ2v) is 6.04. The lowest BCUT2D eigenvalue weighted by molar-refractivity contribution is 0.220. The third-order valence-electron chi connectivity index (χ3n) is 2.79. The number of benzene rings is 2. The maximum absolute atomic E-state index is 12.1. The van der Waals surface area contributed by atoms with E-state index >= 15 is 0 Å². The van der Waals surface area contributed by atoms with Gasteiger partial charge in [-0.25, -0.2) is 4.79 Å². The molecule has 0 bridgehead atoms. The minimum absolute atomic E-state index is 0.160. The van der Waals surface area contributed by atoms with Crippen LogP contribution in [0.15, 0.2) is 48.5 Å². The van der Waals surface area contributed by atoms with Crippen LogP contribution in [0.1, 0.15) is 5.56 Å². The number of halogens is 2. The topological polar surface area (TPSA) is 32.3 Å². The third-order valence-corrected chi connectivity index (χ3v) is 3.83. The number of nitrogens with one attached hydrogen (secondary N) is 1. The molecule has 0 fully saturated rings. The molecule has 104 valence electrons. The molecule has 5 heteroatoms. The minimum atomic E-state index is -0.160. The second-order valence-electron chi connectivity index (χ2n) is 4.39. The number of rotatable bonds is 3. The molecule has 20 heavy (non-hydrogen) atoms. The van der Waals surface area contributed by atoms with Crippen LogP contribution in [0.4, 0.5) is 10.5 Å². The van der Waals surface area contributed by atoms with Gasteiger partial charge >= 0.3 is 6.03 Å². The van der Waals surface area contributed by atoms with E-state index in [2.05, 4.69) is 27.9 Å². The summed E-state index contributed by atoms with van der Waals surface area (Å²) in [5.74, 6) is 0. The molecule has 0 unspecified atom stereocenters. The SMILES string of the molecule is CN(Cc1ccccc1Cl)C(=O)Nc1cccc(I)c1. The van der Waals surface area contributed by atoms with Crippen molar-refractivity contribution in [2.45, 2.75) is 6.54 Å². The highest BCUT2D eigenvalue weighted by Gasteiger charge is 2.11. The molecule has 1 N–H and O–H groups in total. The normalized spacial score (nSPS) is 10.2. The average molecular weight is 401 g/mol. The van der Waals surface area contributed by atoms with E-state index in [4.69, 9.17) is 11.6 Å². The highest BCUT2D eigenvalue weighted by molar-refractivity contribution is 14.1. The van der Waals surface area contributed by atoms with Gasteiger partial charge in [-0.1, -0.05) is 35.9 Å². The van der Waals surface area contributed by atoms with Crippen LogP contribution in [0.25, 0.3) is 0 Å². The number of hydrogen-bond donors (Lipinski definition) is 1.